The van der Waals surface area contributed by atoms with Crippen molar-refractivity contribution in [3.8, 4) is 5.75 Å². The first-order valence-corrected chi connectivity index (χ1v) is 4.93. The monoisotopic (exact) mass is 233 g/mol. The third kappa shape index (κ3) is 1.73. The molecule has 2 aromatic rings. The van der Waals surface area contributed by atoms with Crippen LogP contribution in [0.5, 0.6) is 5.75 Å². The van der Waals surface area contributed by atoms with E-state index in [0.717, 1.165) is 0 Å². The lowest BCUT2D eigenvalue weighted by Gasteiger charge is -2.11. The molecule has 0 aliphatic heterocycles. The van der Waals surface area contributed by atoms with E-state index in [1.807, 2.05) is 0 Å². The minimum absolute atomic E-state index is 0.256. The van der Waals surface area contributed by atoms with E-state index in [0.29, 0.717) is 10.9 Å². The maximum absolute atomic E-state index is 11.8. The number of H-pyrrole nitrogens is 1. The number of pyridine rings is 2. The van der Waals surface area contributed by atoms with Crippen LogP contribution in [-0.2, 0) is 0 Å². The van der Waals surface area contributed by atoms with E-state index in [9.17, 15) is 14.7 Å². The molecule has 1 amide bonds. The summed E-state index contributed by atoms with van der Waals surface area (Å²) < 4.78 is 0. The summed E-state index contributed by atoms with van der Waals surface area (Å²) in [6.07, 6.45) is 2.89. The summed E-state index contributed by atoms with van der Waals surface area (Å²) in [6, 6.07) is 1.53. The van der Waals surface area contributed by atoms with Gasteiger partial charge >= 0.3 is 0 Å². The average molecular weight is 233 g/mol. The molecule has 0 spiro atoms. The van der Waals surface area contributed by atoms with E-state index >= 15 is 0 Å². The van der Waals surface area contributed by atoms with Gasteiger partial charge in [0.1, 0.15) is 11.3 Å². The zero-order valence-corrected chi connectivity index (χ0v) is 9.39. The van der Waals surface area contributed by atoms with Crippen LogP contribution in [0.25, 0.3) is 10.9 Å². The van der Waals surface area contributed by atoms with Gasteiger partial charge in [0.05, 0.1) is 11.7 Å². The van der Waals surface area contributed by atoms with E-state index < -0.39 is 11.5 Å². The average Bonchev–Trinajstić information content (AvgIpc) is 2.28. The molecular weight excluding hydrogens is 222 g/mol. The number of nitrogens with one attached hydrogen (secondary N) is 1. The van der Waals surface area contributed by atoms with Crippen molar-refractivity contribution in [2.75, 3.05) is 14.1 Å². The first-order chi connectivity index (χ1) is 8.02. The molecule has 0 aromatic carbocycles. The molecular formula is C11H11N3O3. The third-order valence-corrected chi connectivity index (χ3v) is 2.41. The van der Waals surface area contributed by atoms with Crippen molar-refractivity contribution in [3.05, 3.63) is 34.4 Å². The van der Waals surface area contributed by atoms with Gasteiger partial charge in [-0.3, -0.25) is 14.6 Å². The fourth-order valence-electron chi connectivity index (χ4n) is 1.55. The second-order valence-corrected chi connectivity index (χ2v) is 3.80. The highest BCUT2D eigenvalue weighted by Crippen LogP contribution is 2.24. The van der Waals surface area contributed by atoms with Crippen LogP contribution in [0.2, 0.25) is 0 Å². The Labute approximate surface area is 96.5 Å². The van der Waals surface area contributed by atoms with Gasteiger partial charge in [-0.1, -0.05) is 0 Å². The van der Waals surface area contributed by atoms with Crippen LogP contribution in [0.1, 0.15) is 10.4 Å². The molecule has 0 radical (unpaired) electrons. The van der Waals surface area contributed by atoms with Crippen molar-refractivity contribution in [2.45, 2.75) is 0 Å². The van der Waals surface area contributed by atoms with Crippen molar-refractivity contribution < 1.29 is 9.90 Å². The molecule has 0 aliphatic carbocycles. The standard InChI is InChI=1S/C11H11N3O3/c1-14(2)11(17)8-9(15)6-3-4-12-5-7(6)13-10(8)16/h3-5H,1-2H3,(H2,13,15,16). The fourth-order valence-corrected chi connectivity index (χ4v) is 1.55. The Morgan fingerprint density at radius 1 is 1.47 bits per heavy atom. The molecule has 0 fully saturated rings. The number of carbonyl (C=O) groups is 1. The molecule has 6 nitrogen and oxygen atoms in total. The minimum Gasteiger partial charge on any atom is -0.506 e. The smallest absolute Gasteiger partial charge is 0.265 e. The van der Waals surface area contributed by atoms with Crippen molar-refractivity contribution >= 4 is 16.8 Å². The molecule has 2 N–H and O–H groups in total. The molecule has 2 heterocycles. The normalized spacial score (nSPS) is 10.5. The van der Waals surface area contributed by atoms with Crippen molar-refractivity contribution in [1.29, 1.82) is 0 Å². The largest absolute Gasteiger partial charge is 0.506 e. The summed E-state index contributed by atoms with van der Waals surface area (Å²) in [7, 11) is 3.02. The summed E-state index contributed by atoms with van der Waals surface area (Å²) in [5.74, 6) is -0.854. The highest BCUT2D eigenvalue weighted by Gasteiger charge is 2.20. The Morgan fingerprint density at radius 3 is 2.82 bits per heavy atom. The molecule has 6 heteroatoms. The highest BCUT2D eigenvalue weighted by atomic mass is 16.3. The molecule has 0 bridgehead atoms. The van der Waals surface area contributed by atoms with Crippen LogP contribution in [-0.4, -0.2) is 40.0 Å². The zero-order chi connectivity index (χ0) is 12.6. The minimum atomic E-state index is -0.623. The number of carbonyl (C=O) groups excluding carboxylic acids is 1. The summed E-state index contributed by atoms with van der Waals surface area (Å²) >= 11 is 0. The Hall–Kier alpha value is -2.37. The number of aromatic nitrogens is 2. The van der Waals surface area contributed by atoms with Crippen molar-refractivity contribution in [1.82, 2.24) is 14.9 Å². The molecule has 2 rings (SSSR count). The maximum atomic E-state index is 11.8. The van der Waals surface area contributed by atoms with Crippen LogP contribution in [0.4, 0.5) is 0 Å². The molecule has 17 heavy (non-hydrogen) atoms. The van der Waals surface area contributed by atoms with Gasteiger partial charge in [-0.25, -0.2) is 0 Å². The summed E-state index contributed by atoms with van der Waals surface area (Å²) in [4.78, 5) is 31.0. The number of aromatic amines is 1. The number of hydrogen-bond acceptors (Lipinski definition) is 4. The van der Waals surface area contributed by atoms with Crippen molar-refractivity contribution in [2.24, 2.45) is 0 Å². The Kier molecular flexibility index (Phi) is 2.55. The Bertz CT molecular complexity index is 646. The summed E-state index contributed by atoms with van der Waals surface area (Å²) in [6.45, 7) is 0. The lowest BCUT2D eigenvalue weighted by molar-refractivity contribution is 0.0823. The van der Waals surface area contributed by atoms with Crippen molar-refractivity contribution in [3.63, 3.8) is 0 Å². The highest BCUT2D eigenvalue weighted by molar-refractivity contribution is 6.01. The van der Waals surface area contributed by atoms with E-state index in [-0.39, 0.29) is 11.3 Å². The summed E-state index contributed by atoms with van der Waals surface area (Å²) in [5.41, 5.74) is -0.485. The molecule has 0 atom stereocenters. The zero-order valence-electron chi connectivity index (χ0n) is 9.39. The molecule has 0 saturated heterocycles. The van der Waals surface area contributed by atoms with Gasteiger partial charge < -0.3 is 15.0 Å². The van der Waals surface area contributed by atoms with Gasteiger partial charge in [-0.2, -0.15) is 0 Å². The lowest BCUT2D eigenvalue weighted by atomic mass is 10.1. The SMILES string of the molecule is CN(C)C(=O)c1c(O)c2ccncc2[nH]c1=O. The van der Waals surface area contributed by atoms with Gasteiger partial charge in [0.2, 0.25) is 0 Å². The summed E-state index contributed by atoms with van der Waals surface area (Å²) in [5, 5.41) is 10.3. The third-order valence-electron chi connectivity index (χ3n) is 2.41. The van der Waals surface area contributed by atoms with E-state index in [1.54, 1.807) is 0 Å². The second-order valence-electron chi connectivity index (χ2n) is 3.80. The second kappa shape index (κ2) is 3.89. The van der Waals surface area contributed by atoms with Crippen LogP contribution >= 0.6 is 0 Å². The number of aromatic hydroxyl groups is 1. The van der Waals surface area contributed by atoms with Crippen LogP contribution in [0.15, 0.2) is 23.3 Å². The fraction of sp³-hybridized carbons (Fsp3) is 0.182. The predicted molar refractivity (Wildman–Crippen MR) is 62.0 cm³/mol. The molecule has 2 aromatic heterocycles. The molecule has 0 unspecified atom stereocenters. The predicted octanol–water partition coefficient (Wildman–Crippen LogP) is 0.330. The Morgan fingerprint density at radius 2 is 2.18 bits per heavy atom. The van der Waals surface area contributed by atoms with E-state index in [2.05, 4.69) is 9.97 Å². The molecule has 0 aliphatic rings. The topological polar surface area (TPSA) is 86.3 Å². The van der Waals surface area contributed by atoms with Gasteiger partial charge in [-0.15, -0.1) is 0 Å². The molecule has 88 valence electrons. The van der Waals surface area contributed by atoms with Gasteiger partial charge in [0.25, 0.3) is 11.5 Å². The van der Waals surface area contributed by atoms with Crippen LogP contribution in [0, 0.1) is 0 Å². The number of fused-ring (bicyclic) bond motifs is 1. The van der Waals surface area contributed by atoms with E-state index in [4.69, 9.17) is 0 Å². The lowest BCUT2D eigenvalue weighted by Crippen LogP contribution is -2.28. The van der Waals surface area contributed by atoms with Gasteiger partial charge in [0, 0.05) is 25.7 Å². The Balaban J connectivity index is 2.81. The van der Waals surface area contributed by atoms with E-state index in [1.165, 1.54) is 37.5 Å². The first-order valence-electron chi connectivity index (χ1n) is 4.93. The first kappa shape index (κ1) is 11.1. The van der Waals surface area contributed by atoms with Gasteiger partial charge in [-0.05, 0) is 6.07 Å². The number of nitrogens with zero attached hydrogens (tertiary/aromatic N) is 2. The number of rotatable bonds is 1. The number of amides is 1. The van der Waals surface area contributed by atoms with Crippen LogP contribution in [0.3, 0.4) is 0 Å². The number of hydrogen-bond donors (Lipinski definition) is 2. The van der Waals surface area contributed by atoms with Crippen LogP contribution < -0.4 is 5.56 Å². The molecule has 0 saturated carbocycles. The van der Waals surface area contributed by atoms with Gasteiger partial charge in [0.15, 0.2) is 0 Å². The maximum Gasteiger partial charge on any atom is 0.265 e. The quantitative estimate of drug-likeness (QED) is 0.743.